The monoisotopic (exact) mass is 452 g/mol. The van der Waals surface area contributed by atoms with E-state index in [2.05, 4.69) is 10.1 Å². The van der Waals surface area contributed by atoms with Crippen LogP contribution in [0.3, 0.4) is 0 Å². The molecule has 0 aliphatic carbocycles. The van der Waals surface area contributed by atoms with E-state index in [-0.39, 0.29) is 4.90 Å². The number of nitrogens with one attached hydrogen (secondary N) is 1. The number of ether oxygens (including phenoxy) is 1. The number of methoxy groups -OCH3 is 1. The lowest BCUT2D eigenvalue weighted by atomic mass is 10.1. The number of nitrogens with zero attached hydrogens (tertiary/aromatic N) is 1. The molecule has 0 unspecified atom stereocenters. The SMILES string of the molecule is COC(=O)c1ccc(NC(=O)CN(c2cc(C)ccc2C)S(=O)(=O)c2ccccc2)cc1. The highest BCUT2D eigenvalue weighted by Gasteiger charge is 2.28. The Morgan fingerprint density at radius 1 is 0.938 bits per heavy atom. The Labute approximate surface area is 187 Å². The van der Waals surface area contributed by atoms with E-state index in [0.717, 1.165) is 15.4 Å². The third-order valence-corrected chi connectivity index (χ3v) is 6.62. The predicted octanol–water partition coefficient (Wildman–Crippen LogP) is 3.92. The number of anilines is 2. The number of aryl methyl sites for hydroxylation is 2. The summed E-state index contributed by atoms with van der Waals surface area (Å²) in [6.07, 6.45) is 0. The zero-order valence-electron chi connectivity index (χ0n) is 18.0. The Hall–Kier alpha value is -3.65. The van der Waals surface area contributed by atoms with Crippen molar-refractivity contribution in [3.63, 3.8) is 0 Å². The van der Waals surface area contributed by atoms with Gasteiger partial charge in [-0.3, -0.25) is 9.10 Å². The number of rotatable bonds is 7. The van der Waals surface area contributed by atoms with Gasteiger partial charge in [0, 0.05) is 5.69 Å². The summed E-state index contributed by atoms with van der Waals surface area (Å²) in [5.74, 6) is -1.01. The number of hydrogen-bond acceptors (Lipinski definition) is 5. The molecule has 0 spiro atoms. The van der Waals surface area contributed by atoms with Crippen LogP contribution in [0.15, 0.2) is 77.7 Å². The van der Waals surface area contributed by atoms with Gasteiger partial charge in [-0.15, -0.1) is 0 Å². The van der Waals surface area contributed by atoms with Gasteiger partial charge in [-0.2, -0.15) is 0 Å². The largest absolute Gasteiger partial charge is 0.465 e. The maximum absolute atomic E-state index is 13.4. The van der Waals surface area contributed by atoms with Gasteiger partial charge >= 0.3 is 5.97 Å². The van der Waals surface area contributed by atoms with Gasteiger partial charge in [-0.1, -0.05) is 30.3 Å². The number of esters is 1. The van der Waals surface area contributed by atoms with E-state index in [0.29, 0.717) is 16.9 Å². The fraction of sp³-hybridized carbons (Fsp3) is 0.167. The first-order valence-corrected chi connectivity index (χ1v) is 11.3. The third kappa shape index (κ3) is 5.15. The van der Waals surface area contributed by atoms with Gasteiger partial charge in [-0.25, -0.2) is 13.2 Å². The van der Waals surface area contributed by atoms with Crippen LogP contribution >= 0.6 is 0 Å². The van der Waals surface area contributed by atoms with Crippen molar-refractivity contribution in [2.24, 2.45) is 0 Å². The van der Waals surface area contributed by atoms with Gasteiger partial charge in [-0.05, 0) is 67.4 Å². The summed E-state index contributed by atoms with van der Waals surface area (Å²) >= 11 is 0. The standard InChI is InChI=1S/C24H24N2O5S/c1-17-9-10-18(2)22(15-17)26(32(29,30)21-7-5-4-6-8-21)16-23(27)25-20-13-11-19(12-14-20)24(28)31-3/h4-15H,16H2,1-3H3,(H,25,27). The number of carbonyl (C=O) groups is 2. The normalized spacial score (nSPS) is 11.0. The molecule has 0 atom stereocenters. The molecule has 7 nitrogen and oxygen atoms in total. The molecule has 0 aromatic heterocycles. The van der Waals surface area contributed by atoms with Crippen molar-refractivity contribution in [2.75, 3.05) is 23.3 Å². The summed E-state index contributed by atoms with van der Waals surface area (Å²) in [7, 11) is -2.71. The van der Waals surface area contributed by atoms with Crippen LogP contribution in [0.5, 0.6) is 0 Å². The van der Waals surface area contributed by atoms with Gasteiger partial charge in [0.25, 0.3) is 10.0 Å². The molecule has 0 saturated heterocycles. The van der Waals surface area contributed by atoms with E-state index in [1.165, 1.54) is 31.4 Å². The summed E-state index contributed by atoms with van der Waals surface area (Å²) in [4.78, 5) is 24.5. The Kier molecular flexibility index (Phi) is 6.95. The second kappa shape index (κ2) is 9.65. The zero-order valence-corrected chi connectivity index (χ0v) is 18.8. The van der Waals surface area contributed by atoms with E-state index in [1.54, 1.807) is 43.3 Å². The molecule has 32 heavy (non-hydrogen) atoms. The molecule has 0 fully saturated rings. The van der Waals surface area contributed by atoms with Crippen LogP contribution in [-0.4, -0.2) is 33.9 Å². The molecule has 1 N–H and O–H groups in total. The van der Waals surface area contributed by atoms with E-state index >= 15 is 0 Å². The minimum atomic E-state index is -3.99. The minimum Gasteiger partial charge on any atom is -0.465 e. The lowest BCUT2D eigenvalue weighted by Crippen LogP contribution is -2.38. The highest BCUT2D eigenvalue weighted by atomic mass is 32.2. The van der Waals surface area contributed by atoms with Crippen LogP contribution in [0.2, 0.25) is 0 Å². The van der Waals surface area contributed by atoms with Crippen molar-refractivity contribution in [3.8, 4) is 0 Å². The van der Waals surface area contributed by atoms with Crippen LogP contribution in [-0.2, 0) is 19.6 Å². The quantitative estimate of drug-likeness (QED) is 0.549. The third-order valence-electron chi connectivity index (χ3n) is 4.84. The first-order valence-electron chi connectivity index (χ1n) is 9.85. The molecule has 1 amide bonds. The van der Waals surface area contributed by atoms with Crippen molar-refractivity contribution in [2.45, 2.75) is 18.7 Å². The predicted molar refractivity (Wildman–Crippen MR) is 123 cm³/mol. The molecule has 0 aliphatic heterocycles. The summed E-state index contributed by atoms with van der Waals surface area (Å²) in [5, 5.41) is 2.69. The summed E-state index contributed by atoms with van der Waals surface area (Å²) in [5.41, 5.74) is 2.81. The number of benzene rings is 3. The molecular weight excluding hydrogens is 428 g/mol. The molecule has 3 aromatic rings. The number of hydrogen-bond donors (Lipinski definition) is 1. The average Bonchev–Trinajstić information content (AvgIpc) is 2.79. The highest BCUT2D eigenvalue weighted by molar-refractivity contribution is 7.92. The molecule has 166 valence electrons. The first-order chi connectivity index (χ1) is 15.2. The molecular formula is C24H24N2O5S. The molecule has 3 rings (SSSR count). The van der Waals surface area contributed by atoms with Crippen molar-refractivity contribution in [3.05, 3.63) is 89.5 Å². The lowest BCUT2D eigenvalue weighted by molar-refractivity contribution is -0.114. The van der Waals surface area contributed by atoms with E-state index in [4.69, 9.17) is 0 Å². The number of sulfonamides is 1. The second-order valence-electron chi connectivity index (χ2n) is 7.23. The van der Waals surface area contributed by atoms with Crippen molar-refractivity contribution in [1.82, 2.24) is 0 Å². The number of carbonyl (C=O) groups excluding carboxylic acids is 2. The zero-order chi connectivity index (χ0) is 23.3. The van der Waals surface area contributed by atoms with Gasteiger partial charge in [0.05, 0.1) is 23.3 Å². The van der Waals surface area contributed by atoms with E-state index < -0.39 is 28.4 Å². The molecule has 0 heterocycles. The highest BCUT2D eigenvalue weighted by Crippen LogP contribution is 2.28. The van der Waals surface area contributed by atoms with Gasteiger partial charge in [0.1, 0.15) is 6.54 Å². The Bertz CT molecular complexity index is 1220. The topological polar surface area (TPSA) is 92.8 Å². The Morgan fingerprint density at radius 3 is 2.22 bits per heavy atom. The molecule has 0 bridgehead atoms. The van der Waals surface area contributed by atoms with Crippen molar-refractivity contribution < 1.29 is 22.7 Å². The van der Waals surface area contributed by atoms with Gasteiger partial charge < -0.3 is 10.1 Å². The smallest absolute Gasteiger partial charge is 0.337 e. The van der Waals surface area contributed by atoms with Crippen LogP contribution in [0, 0.1) is 13.8 Å². The summed E-state index contributed by atoms with van der Waals surface area (Å²) in [6, 6.07) is 19.6. The van der Waals surface area contributed by atoms with Crippen molar-refractivity contribution >= 4 is 33.3 Å². The first kappa shape index (κ1) is 23.0. The fourth-order valence-electron chi connectivity index (χ4n) is 3.15. The maximum Gasteiger partial charge on any atom is 0.337 e. The molecule has 0 saturated carbocycles. The maximum atomic E-state index is 13.4. The fourth-order valence-corrected chi connectivity index (χ4v) is 4.64. The Morgan fingerprint density at radius 2 is 1.59 bits per heavy atom. The molecule has 3 aromatic carbocycles. The van der Waals surface area contributed by atoms with Crippen LogP contribution < -0.4 is 9.62 Å². The van der Waals surface area contributed by atoms with Gasteiger partial charge in [0.15, 0.2) is 0 Å². The molecule has 0 radical (unpaired) electrons. The van der Waals surface area contributed by atoms with E-state index in [9.17, 15) is 18.0 Å². The Balaban J connectivity index is 1.91. The van der Waals surface area contributed by atoms with Gasteiger partial charge in [0.2, 0.25) is 5.91 Å². The van der Waals surface area contributed by atoms with E-state index in [1.807, 2.05) is 19.1 Å². The lowest BCUT2D eigenvalue weighted by Gasteiger charge is -2.26. The number of amides is 1. The summed E-state index contributed by atoms with van der Waals surface area (Å²) < 4.78 is 32.6. The molecule has 8 heteroatoms. The molecule has 0 aliphatic rings. The van der Waals surface area contributed by atoms with Crippen LogP contribution in [0.1, 0.15) is 21.5 Å². The average molecular weight is 453 g/mol. The second-order valence-corrected chi connectivity index (χ2v) is 9.09. The summed E-state index contributed by atoms with van der Waals surface area (Å²) in [6.45, 7) is 3.24. The van der Waals surface area contributed by atoms with Crippen molar-refractivity contribution in [1.29, 1.82) is 0 Å². The van der Waals surface area contributed by atoms with Crippen LogP contribution in [0.25, 0.3) is 0 Å². The minimum absolute atomic E-state index is 0.0936. The van der Waals surface area contributed by atoms with Crippen LogP contribution in [0.4, 0.5) is 11.4 Å².